The number of ether oxygens (including phenoxy) is 4. The topological polar surface area (TPSA) is 105 Å². The Hall–Kier alpha value is -1.48. The van der Waals surface area contributed by atoms with Crippen molar-refractivity contribution in [3.8, 4) is 0 Å². The van der Waals surface area contributed by atoms with Gasteiger partial charge in [0.1, 0.15) is 13.2 Å². The third kappa shape index (κ3) is 18.4. The number of benzene rings is 2. The number of hydrogen-bond donors (Lipinski definition) is 0. The van der Waals surface area contributed by atoms with Crippen molar-refractivity contribution in [3.05, 3.63) is 71.8 Å². The molecule has 0 spiro atoms. The first-order valence-electron chi connectivity index (χ1n) is 15.4. The third-order valence-electron chi connectivity index (χ3n) is 7.09. The summed E-state index contributed by atoms with van der Waals surface area (Å²) in [5, 5.41) is 0. The van der Waals surface area contributed by atoms with Gasteiger partial charge < -0.3 is 18.9 Å². The van der Waals surface area contributed by atoms with Gasteiger partial charge in [-0.25, -0.2) is 9.59 Å². The highest BCUT2D eigenvalue weighted by Crippen LogP contribution is 2.36. The average molecular weight is 889 g/mol. The minimum Gasteiger partial charge on any atom is -0.458 e. The second-order valence-electron chi connectivity index (χ2n) is 11.8. The first-order valence-corrected chi connectivity index (χ1v) is 27.4. The standard InChI is InChI=1S/2C16H20O4.CH4.S10/c2*1-12(2)8-9-16(10-14(17)20-16)15(18)19-11-13-6-4-3-5-7-13;;1-3-5-7-9-10-8-6-4-2/h2*3-7,12H,8-11H2,1-2H3;1H4;/t2*16-;;/m11../s1. The van der Waals surface area contributed by atoms with Crippen molar-refractivity contribution in [2.45, 2.75) is 98.1 Å². The fourth-order valence-corrected chi connectivity index (χ4v) is 20.9. The smallest absolute Gasteiger partial charge is 0.351 e. The number of esters is 4. The van der Waals surface area contributed by atoms with Crippen molar-refractivity contribution in [1.82, 2.24) is 0 Å². The second kappa shape index (κ2) is 26.3. The van der Waals surface area contributed by atoms with Crippen LogP contribution in [0, 0.1) is 11.8 Å². The Bertz CT molecular complexity index is 1640. The molecule has 2 aliphatic heterocycles. The summed E-state index contributed by atoms with van der Waals surface area (Å²) >= 11 is 9.31. The molecule has 0 aliphatic carbocycles. The Balaban J connectivity index is 0.000000401. The molecule has 8 nitrogen and oxygen atoms in total. The van der Waals surface area contributed by atoms with Gasteiger partial charge in [-0.05, 0) is 48.6 Å². The summed E-state index contributed by atoms with van der Waals surface area (Å²) in [6, 6.07) is 18.9. The molecule has 2 aliphatic rings. The van der Waals surface area contributed by atoms with Crippen LogP contribution in [-0.2, 0) is 145 Å². The zero-order valence-electron chi connectivity index (χ0n) is 27.9. The predicted octanol–water partition coefficient (Wildman–Crippen LogP) is 6.32. The number of carbonyl (C=O) groups excluding carboxylic acids is 4. The van der Waals surface area contributed by atoms with Crippen LogP contribution in [0.2, 0.25) is 0 Å². The monoisotopic (exact) mass is 888 g/mol. The van der Waals surface area contributed by atoms with Gasteiger partial charge in [-0.2, -0.15) is 0 Å². The maximum absolute atomic E-state index is 12.2. The van der Waals surface area contributed by atoms with Crippen LogP contribution in [0.3, 0.4) is 0 Å². The molecule has 0 radical (unpaired) electrons. The summed E-state index contributed by atoms with van der Waals surface area (Å²) in [5.74, 6) is -0.611. The van der Waals surface area contributed by atoms with E-state index < -0.39 is 23.1 Å². The lowest BCUT2D eigenvalue weighted by Gasteiger charge is -2.38. The highest BCUT2D eigenvalue weighted by atomic mass is 33.4. The lowest BCUT2D eigenvalue weighted by atomic mass is 9.86. The Morgan fingerprint density at radius 1 is 0.647 bits per heavy atom. The molecule has 2 saturated heterocycles. The zero-order valence-corrected chi connectivity index (χ0v) is 36.1. The first kappa shape index (κ1) is 47.5. The fourth-order valence-electron chi connectivity index (χ4n) is 4.42. The molecule has 2 fully saturated rings. The Morgan fingerprint density at radius 3 is 1.24 bits per heavy atom. The van der Waals surface area contributed by atoms with E-state index in [0.717, 1.165) is 24.0 Å². The maximum atomic E-state index is 12.2. The van der Waals surface area contributed by atoms with Crippen LogP contribution in [0.1, 0.15) is 84.8 Å². The molecule has 2 atom stereocenters. The molecule has 284 valence electrons. The summed E-state index contributed by atoms with van der Waals surface area (Å²) < 4.78 is 20.8. The van der Waals surface area contributed by atoms with Gasteiger partial charge in [0.15, 0.2) is 0 Å². The van der Waals surface area contributed by atoms with Crippen molar-refractivity contribution in [3.63, 3.8) is 0 Å². The third-order valence-corrected chi connectivity index (χ3v) is 22.6. The van der Waals surface area contributed by atoms with E-state index in [2.05, 4.69) is 50.1 Å². The molecule has 4 rings (SSSR count). The van der Waals surface area contributed by atoms with Gasteiger partial charge in [0.05, 0.1) is 12.8 Å². The molecule has 0 aromatic heterocycles. The Kier molecular flexibility index (Phi) is 24.5. The van der Waals surface area contributed by atoms with Gasteiger partial charge in [-0.15, -0.1) is 0 Å². The Morgan fingerprint density at radius 2 is 0.961 bits per heavy atom. The fraction of sp³-hybridized carbons (Fsp3) is 0.515. The molecule has 2 heterocycles. The van der Waals surface area contributed by atoms with Crippen molar-refractivity contribution in [2.24, 2.45) is 11.8 Å². The number of hydrogen-bond acceptors (Lipinski definition) is 10. The van der Waals surface area contributed by atoms with E-state index in [1.807, 2.05) is 60.7 Å². The van der Waals surface area contributed by atoms with Gasteiger partial charge in [0.2, 0.25) is 11.2 Å². The van der Waals surface area contributed by atoms with Crippen LogP contribution >= 0.6 is 0 Å². The lowest BCUT2D eigenvalue weighted by Crippen LogP contribution is -2.54. The van der Waals surface area contributed by atoms with Crippen LogP contribution in [0.25, 0.3) is 0 Å². The second-order valence-corrected chi connectivity index (χ2v) is 26.0. The van der Waals surface area contributed by atoms with E-state index >= 15 is 0 Å². The summed E-state index contributed by atoms with van der Waals surface area (Å²) in [7, 11) is 12.7. The molecule has 51 heavy (non-hydrogen) atoms. The van der Waals surface area contributed by atoms with Crippen LogP contribution in [0.15, 0.2) is 60.7 Å². The van der Waals surface area contributed by atoms with Crippen LogP contribution < -0.4 is 0 Å². The van der Waals surface area contributed by atoms with Gasteiger partial charge in [0.25, 0.3) is 0 Å². The highest BCUT2D eigenvalue weighted by molar-refractivity contribution is 8.73. The van der Waals surface area contributed by atoms with E-state index in [-0.39, 0.29) is 45.4 Å². The predicted molar refractivity (Wildman–Crippen MR) is 228 cm³/mol. The van der Waals surface area contributed by atoms with Crippen molar-refractivity contribution in [2.75, 3.05) is 0 Å². The van der Waals surface area contributed by atoms with Gasteiger partial charge in [-0.1, -0.05) is 95.8 Å². The first-order chi connectivity index (χ1) is 23.9. The van der Waals surface area contributed by atoms with Gasteiger partial charge in [0, 0.05) is 93.4 Å². The maximum Gasteiger partial charge on any atom is 0.351 e. The zero-order chi connectivity index (χ0) is 36.8. The van der Waals surface area contributed by atoms with Crippen molar-refractivity contribution < 1.29 is 38.1 Å². The molecule has 18 heteroatoms. The number of cyclic esters (lactones) is 2. The largest absolute Gasteiger partial charge is 0.458 e. The normalized spacial score (nSPS) is 18.0. The molecular weight excluding hydrogens is 845 g/mol. The van der Waals surface area contributed by atoms with E-state index in [4.69, 9.17) is 18.9 Å². The summed E-state index contributed by atoms with van der Waals surface area (Å²) in [5.41, 5.74) is -0.247. The van der Waals surface area contributed by atoms with Crippen LogP contribution in [0.4, 0.5) is 0 Å². The molecule has 0 saturated carbocycles. The van der Waals surface area contributed by atoms with Gasteiger partial charge >= 0.3 is 23.9 Å². The van der Waals surface area contributed by atoms with E-state index in [1.54, 1.807) is 53.3 Å². The molecule has 0 amide bonds. The van der Waals surface area contributed by atoms with Crippen molar-refractivity contribution >= 4 is 117 Å². The summed E-state index contributed by atoms with van der Waals surface area (Å²) in [4.78, 5) is 46.6. The average Bonchev–Trinajstić information content (AvgIpc) is 3.08. The number of carbonyl (C=O) groups is 4. The summed E-state index contributed by atoms with van der Waals surface area (Å²) in [6.45, 7) is 8.71. The molecule has 0 N–H and O–H groups in total. The lowest BCUT2D eigenvalue weighted by molar-refractivity contribution is -0.210. The minimum atomic E-state index is -1.05. The quantitative estimate of drug-likeness (QED) is 0.178. The van der Waals surface area contributed by atoms with Crippen LogP contribution in [0.5, 0.6) is 0 Å². The van der Waals surface area contributed by atoms with E-state index in [0.29, 0.717) is 24.7 Å². The van der Waals surface area contributed by atoms with E-state index in [9.17, 15) is 19.2 Å². The number of rotatable bonds is 12. The molecule has 0 unspecified atom stereocenters. The summed E-state index contributed by atoms with van der Waals surface area (Å²) in [6.07, 6.45) is 2.98. The highest BCUT2D eigenvalue weighted by Gasteiger charge is 2.54. The molecular formula is C33H44O8S10. The molecule has 2 aromatic rings. The molecule has 2 aromatic carbocycles. The van der Waals surface area contributed by atoms with E-state index in [1.165, 1.54) is 17.8 Å². The Labute approximate surface area is 334 Å². The van der Waals surface area contributed by atoms with Crippen molar-refractivity contribution in [1.29, 1.82) is 0 Å². The molecule has 0 bridgehead atoms. The van der Waals surface area contributed by atoms with Crippen LogP contribution in [-0.4, -0.2) is 35.1 Å². The minimum absolute atomic E-state index is 0. The SMILES string of the molecule is C.CC(C)CC[C@]1(C(=O)OCc2ccccc2)CC(=O)O1.CC(C)CC[C@]1(C(=O)OCc2ccccc2)CC(=O)O1.S=S=S=S=S=S=S=S=S=S. The van der Waals surface area contributed by atoms with Gasteiger partial charge in [-0.3, -0.25) is 9.59 Å².